The molecular formula is C23H20BrFN4O. The van der Waals surface area contributed by atoms with E-state index in [1.54, 1.807) is 16.8 Å². The van der Waals surface area contributed by atoms with Crippen molar-refractivity contribution in [2.45, 2.75) is 27.2 Å². The zero-order valence-electron chi connectivity index (χ0n) is 16.8. The summed E-state index contributed by atoms with van der Waals surface area (Å²) in [4.78, 5) is 17.7. The van der Waals surface area contributed by atoms with Crippen molar-refractivity contribution < 1.29 is 9.18 Å². The fraction of sp³-hybridized carbons (Fsp3) is 0.174. The number of benzene rings is 2. The molecule has 5 nitrogen and oxygen atoms in total. The molecule has 0 saturated carbocycles. The van der Waals surface area contributed by atoms with E-state index in [1.165, 1.54) is 17.7 Å². The molecule has 4 aromatic rings. The summed E-state index contributed by atoms with van der Waals surface area (Å²) in [5.41, 5.74) is 4.58. The number of amides is 1. The van der Waals surface area contributed by atoms with Crippen molar-refractivity contribution >= 4 is 38.6 Å². The first-order chi connectivity index (χ1) is 14.4. The Kier molecular flexibility index (Phi) is 5.39. The zero-order chi connectivity index (χ0) is 21.4. The lowest BCUT2D eigenvalue weighted by Gasteiger charge is -2.09. The topological polar surface area (TPSA) is 59.8 Å². The van der Waals surface area contributed by atoms with E-state index >= 15 is 0 Å². The molecule has 0 spiro atoms. The molecule has 0 atom stereocenters. The molecular weight excluding hydrogens is 447 g/mol. The third-order valence-electron chi connectivity index (χ3n) is 4.95. The molecule has 30 heavy (non-hydrogen) atoms. The lowest BCUT2D eigenvalue weighted by atomic mass is 10.1. The molecule has 0 aliphatic carbocycles. The lowest BCUT2D eigenvalue weighted by molar-refractivity contribution is 0.102. The predicted octanol–water partition coefficient (Wildman–Crippen LogP) is 5.75. The highest BCUT2D eigenvalue weighted by Crippen LogP contribution is 2.27. The summed E-state index contributed by atoms with van der Waals surface area (Å²) in [6.45, 7) is 5.77. The third-order valence-corrected chi connectivity index (χ3v) is 5.45. The van der Waals surface area contributed by atoms with Gasteiger partial charge in [0.25, 0.3) is 5.91 Å². The van der Waals surface area contributed by atoms with E-state index in [9.17, 15) is 9.18 Å². The van der Waals surface area contributed by atoms with Crippen molar-refractivity contribution in [3.63, 3.8) is 0 Å². The van der Waals surface area contributed by atoms with Gasteiger partial charge in [-0.05, 0) is 62.2 Å². The molecule has 1 N–H and O–H groups in total. The number of carbonyl (C=O) groups excluding carboxylic acids is 1. The number of nitrogens with one attached hydrogen (secondary N) is 1. The molecule has 0 fully saturated rings. The fourth-order valence-electron chi connectivity index (χ4n) is 3.43. The summed E-state index contributed by atoms with van der Waals surface area (Å²) in [6, 6.07) is 14.3. The Morgan fingerprint density at radius 1 is 1.13 bits per heavy atom. The lowest BCUT2D eigenvalue weighted by Crippen LogP contribution is -2.14. The molecule has 2 aromatic carbocycles. The molecule has 152 valence electrons. The van der Waals surface area contributed by atoms with E-state index in [0.29, 0.717) is 32.5 Å². The molecule has 0 radical (unpaired) electrons. The number of carbonyl (C=O) groups is 1. The van der Waals surface area contributed by atoms with Crippen molar-refractivity contribution in [2.24, 2.45) is 0 Å². The Morgan fingerprint density at radius 3 is 2.53 bits per heavy atom. The number of anilines is 1. The van der Waals surface area contributed by atoms with E-state index in [1.807, 2.05) is 26.0 Å². The molecule has 0 saturated heterocycles. The van der Waals surface area contributed by atoms with Crippen LogP contribution in [0.15, 0.2) is 53.0 Å². The number of rotatable bonds is 4. The summed E-state index contributed by atoms with van der Waals surface area (Å²) < 4.78 is 16.6. The second kappa shape index (κ2) is 7.99. The van der Waals surface area contributed by atoms with Crippen molar-refractivity contribution in [2.75, 3.05) is 5.32 Å². The molecule has 1 amide bonds. The van der Waals surface area contributed by atoms with Crippen LogP contribution in [0.25, 0.3) is 16.7 Å². The highest BCUT2D eigenvalue weighted by molar-refractivity contribution is 9.10. The van der Waals surface area contributed by atoms with Crippen LogP contribution >= 0.6 is 15.9 Å². The third kappa shape index (κ3) is 3.73. The zero-order valence-corrected chi connectivity index (χ0v) is 18.4. The Morgan fingerprint density at radius 2 is 1.87 bits per heavy atom. The van der Waals surface area contributed by atoms with Crippen LogP contribution < -0.4 is 5.32 Å². The monoisotopic (exact) mass is 466 g/mol. The predicted molar refractivity (Wildman–Crippen MR) is 120 cm³/mol. The number of aromatic nitrogens is 3. The minimum atomic E-state index is -0.511. The van der Waals surface area contributed by atoms with Crippen molar-refractivity contribution in [1.82, 2.24) is 14.8 Å². The van der Waals surface area contributed by atoms with Crippen molar-refractivity contribution in [1.29, 1.82) is 0 Å². The number of hydrogen-bond donors (Lipinski definition) is 1. The van der Waals surface area contributed by atoms with Gasteiger partial charge in [0.2, 0.25) is 0 Å². The summed E-state index contributed by atoms with van der Waals surface area (Å²) in [7, 11) is 0. The molecule has 7 heteroatoms. The van der Waals surface area contributed by atoms with Crippen LogP contribution in [-0.4, -0.2) is 20.7 Å². The fourth-order valence-corrected chi connectivity index (χ4v) is 3.76. The SMILES string of the molecule is CCc1ccc(-n2nc(C)c3c(C(=O)Nc4ccc(Br)cc4F)cc(C)nc32)cc1. The number of pyridine rings is 1. The normalized spacial score (nSPS) is 11.1. The Labute approximate surface area is 182 Å². The van der Waals surface area contributed by atoms with Crippen LogP contribution in [0.4, 0.5) is 10.1 Å². The van der Waals surface area contributed by atoms with Crippen LogP contribution in [0.2, 0.25) is 0 Å². The van der Waals surface area contributed by atoms with Gasteiger partial charge >= 0.3 is 0 Å². The van der Waals surface area contributed by atoms with E-state index in [4.69, 9.17) is 0 Å². The van der Waals surface area contributed by atoms with Crippen molar-refractivity contribution in [3.05, 3.63) is 81.3 Å². The van der Waals surface area contributed by atoms with E-state index in [0.717, 1.165) is 12.1 Å². The molecule has 0 aliphatic heterocycles. The molecule has 2 heterocycles. The van der Waals surface area contributed by atoms with Gasteiger partial charge in [0.15, 0.2) is 5.65 Å². The summed E-state index contributed by atoms with van der Waals surface area (Å²) in [5, 5.41) is 7.94. The van der Waals surface area contributed by atoms with Crippen molar-refractivity contribution in [3.8, 4) is 5.69 Å². The smallest absolute Gasteiger partial charge is 0.256 e. The number of halogens is 2. The molecule has 4 rings (SSSR count). The van der Waals surface area contributed by atoms with Gasteiger partial charge in [-0.25, -0.2) is 14.1 Å². The largest absolute Gasteiger partial charge is 0.319 e. The van der Waals surface area contributed by atoms with Gasteiger partial charge in [0, 0.05) is 10.2 Å². The van der Waals surface area contributed by atoms with E-state index < -0.39 is 11.7 Å². The first-order valence-corrected chi connectivity index (χ1v) is 10.4. The summed E-state index contributed by atoms with van der Waals surface area (Å²) in [5.74, 6) is -0.918. The van der Waals surface area contributed by atoms with Crippen LogP contribution in [-0.2, 0) is 6.42 Å². The van der Waals surface area contributed by atoms with Gasteiger partial charge in [-0.2, -0.15) is 5.10 Å². The van der Waals surface area contributed by atoms with Crippen LogP contribution in [0.5, 0.6) is 0 Å². The second-order valence-electron chi connectivity index (χ2n) is 7.11. The maximum Gasteiger partial charge on any atom is 0.256 e. The van der Waals surface area contributed by atoms with Crippen LogP contribution in [0.1, 0.15) is 34.2 Å². The maximum absolute atomic E-state index is 14.2. The summed E-state index contributed by atoms with van der Waals surface area (Å²) >= 11 is 3.22. The van der Waals surface area contributed by atoms with Crippen LogP contribution in [0.3, 0.4) is 0 Å². The average molecular weight is 467 g/mol. The molecule has 0 unspecified atom stereocenters. The van der Waals surface area contributed by atoms with Gasteiger partial charge in [-0.15, -0.1) is 0 Å². The van der Waals surface area contributed by atoms with Gasteiger partial charge in [0.05, 0.1) is 28.0 Å². The average Bonchev–Trinajstić information content (AvgIpc) is 3.05. The standard InChI is InChI=1S/C23H20BrFN4O/c1-4-15-5-8-17(9-6-15)29-22-21(14(3)28-29)18(11-13(2)26-22)23(30)27-20-10-7-16(24)12-19(20)25/h5-12H,4H2,1-3H3,(H,27,30). The molecule has 0 bridgehead atoms. The van der Waals surface area contributed by atoms with Gasteiger partial charge in [0.1, 0.15) is 5.82 Å². The highest BCUT2D eigenvalue weighted by atomic mass is 79.9. The number of aryl methyl sites for hydroxylation is 3. The van der Waals surface area contributed by atoms with Gasteiger partial charge < -0.3 is 5.32 Å². The highest BCUT2D eigenvalue weighted by Gasteiger charge is 2.20. The first kappa shape index (κ1) is 20.2. The number of nitrogens with zero attached hydrogens (tertiary/aromatic N) is 3. The molecule has 0 aliphatic rings. The quantitative estimate of drug-likeness (QED) is 0.416. The maximum atomic E-state index is 14.2. The Hall–Kier alpha value is -3.06. The molecule has 2 aromatic heterocycles. The number of hydrogen-bond acceptors (Lipinski definition) is 3. The Balaban J connectivity index is 1.80. The minimum absolute atomic E-state index is 0.117. The van der Waals surface area contributed by atoms with Gasteiger partial charge in [-0.3, -0.25) is 4.79 Å². The second-order valence-corrected chi connectivity index (χ2v) is 8.02. The van der Waals surface area contributed by atoms with E-state index in [-0.39, 0.29) is 5.69 Å². The summed E-state index contributed by atoms with van der Waals surface area (Å²) in [6.07, 6.45) is 0.952. The van der Waals surface area contributed by atoms with Crippen LogP contribution in [0, 0.1) is 19.7 Å². The van der Waals surface area contributed by atoms with Gasteiger partial charge in [-0.1, -0.05) is 35.0 Å². The Bertz CT molecular complexity index is 1260. The number of fused-ring (bicyclic) bond motifs is 1. The first-order valence-electron chi connectivity index (χ1n) is 9.60. The van der Waals surface area contributed by atoms with E-state index in [2.05, 4.69) is 50.4 Å². The minimum Gasteiger partial charge on any atom is -0.319 e.